The van der Waals surface area contributed by atoms with Crippen LogP contribution in [0.2, 0.25) is 0 Å². The molecule has 8 heteroatoms. The standard InChI is InChI=1S/C24H22N2O5S/c1-3-29-19-11-9-16(13-20(19)30-4-2)10-12-23(28)31-15-17-14-22(27)26-18-7-5-6-8-21(18)32-24(26)25-17/h5-14H,3-4,15H2,1-2H3/b12-10+. The highest BCUT2D eigenvalue weighted by Gasteiger charge is 2.10. The van der Waals surface area contributed by atoms with Crippen LogP contribution in [-0.4, -0.2) is 28.6 Å². The van der Waals surface area contributed by atoms with E-state index in [4.69, 9.17) is 14.2 Å². The van der Waals surface area contributed by atoms with Crippen LogP contribution in [0.15, 0.2) is 59.4 Å². The second-order valence-corrected chi connectivity index (χ2v) is 7.80. The van der Waals surface area contributed by atoms with Crippen LogP contribution in [0, 0.1) is 0 Å². The fourth-order valence-corrected chi connectivity index (χ4v) is 4.28. The molecule has 0 unspecified atom stereocenters. The van der Waals surface area contributed by atoms with Crippen molar-refractivity contribution in [2.75, 3.05) is 13.2 Å². The summed E-state index contributed by atoms with van der Waals surface area (Å²) in [5.41, 5.74) is 1.80. The highest BCUT2D eigenvalue weighted by molar-refractivity contribution is 7.23. The zero-order valence-electron chi connectivity index (χ0n) is 17.7. The predicted molar refractivity (Wildman–Crippen MR) is 124 cm³/mol. The summed E-state index contributed by atoms with van der Waals surface area (Å²) in [5, 5.41) is 0. The van der Waals surface area contributed by atoms with Gasteiger partial charge in [0.2, 0.25) is 0 Å². The van der Waals surface area contributed by atoms with Gasteiger partial charge in [0, 0.05) is 12.1 Å². The number of rotatable bonds is 8. The number of hydrogen-bond donors (Lipinski definition) is 0. The first-order valence-electron chi connectivity index (χ1n) is 10.2. The van der Waals surface area contributed by atoms with Crippen LogP contribution in [0.3, 0.4) is 0 Å². The van der Waals surface area contributed by atoms with Crippen LogP contribution in [-0.2, 0) is 16.1 Å². The van der Waals surface area contributed by atoms with Crippen molar-refractivity contribution in [1.82, 2.24) is 9.38 Å². The minimum absolute atomic E-state index is 0.0867. The molecule has 0 aliphatic rings. The Morgan fingerprint density at radius 2 is 1.84 bits per heavy atom. The summed E-state index contributed by atoms with van der Waals surface area (Å²) < 4.78 is 19.0. The molecule has 0 radical (unpaired) electrons. The van der Waals surface area contributed by atoms with Gasteiger partial charge in [-0.2, -0.15) is 0 Å². The number of nitrogens with zero attached hydrogens (tertiary/aromatic N) is 2. The van der Waals surface area contributed by atoms with Crippen molar-refractivity contribution in [3.8, 4) is 11.5 Å². The van der Waals surface area contributed by atoms with Crippen LogP contribution < -0.4 is 15.0 Å². The number of hydrogen-bond acceptors (Lipinski definition) is 7. The second-order valence-electron chi connectivity index (χ2n) is 6.79. The molecule has 0 fully saturated rings. The SMILES string of the molecule is CCOc1ccc(/C=C/C(=O)OCc2cc(=O)n3c(n2)sc2ccccc23)cc1OCC. The van der Waals surface area contributed by atoms with Gasteiger partial charge in [0.1, 0.15) is 6.61 Å². The molecule has 4 aromatic rings. The minimum atomic E-state index is -0.532. The zero-order chi connectivity index (χ0) is 22.5. The number of para-hydroxylation sites is 1. The fraction of sp³-hybridized carbons (Fsp3) is 0.208. The molecular formula is C24H22N2O5S. The first kappa shape index (κ1) is 21.6. The lowest BCUT2D eigenvalue weighted by Crippen LogP contribution is -2.14. The first-order chi connectivity index (χ1) is 15.6. The van der Waals surface area contributed by atoms with Gasteiger partial charge in [-0.25, -0.2) is 9.78 Å². The monoisotopic (exact) mass is 450 g/mol. The molecule has 0 N–H and O–H groups in total. The number of thiazole rings is 1. The van der Waals surface area contributed by atoms with Gasteiger partial charge in [-0.3, -0.25) is 9.20 Å². The third-order valence-electron chi connectivity index (χ3n) is 4.59. The number of aromatic nitrogens is 2. The Kier molecular flexibility index (Phi) is 6.51. The average molecular weight is 451 g/mol. The third-order valence-corrected chi connectivity index (χ3v) is 5.61. The Balaban J connectivity index is 1.45. The Hall–Kier alpha value is -3.65. The largest absolute Gasteiger partial charge is 0.490 e. The summed E-state index contributed by atoms with van der Waals surface area (Å²) >= 11 is 1.42. The van der Waals surface area contributed by atoms with E-state index in [1.807, 2.05) is 44.2 Å². The minimum Gasteiger partial charge on any atom is -0.490 e. The van der Waals surface area contributed by atoms with E-state index in [1.54, 1.807) is 22.6 Å². The van der Waals surface area contributed by atoms with Crippen LogP contribution in [0.5, 0.6) is 11.5 Å². The highest BCUT2D eigenvalue weighted by atomic mass is 32.1. The van der Waals surface area contributed by atoms with Crippen molar-refractivity contribution in [3.63, 3.8) is 0 Å². The van der Waals surface area contributed by atoms with E-state index in [9.17, 15) is 9.59 Å². The molecule has 164 valence electrons. The molecule has 7 nitrogen and oxygen atoms in total. The van der Waals surface area contributed by atoms with Gasteiger partial charge in [0.05, 0.1) is 29.1 Å². The molecule has 0 aliphatic heterocycles. The predicted octanol–water partition coefficient (Wildman–Crippen LogP) is 4.46. The molecule has 0 spiro atoms. The zero-order valence-corrected chi connectivity index (χ0v) is 18.6. The lowest BCUT2D eigenvalue weighted by molar-refractivity contribution is -0.139. The molecule has 2 aromatic heterocycles. The maximum atomic E-state index is 12.5. The van der Waals surface area contributed by atoms with E-state index >= 15 is 0 Å². The maximum absolute atomic E-state index is 12.5. The Labute approximate surface area is 188 Å². The number of esters is 1. The van der Waals surface area contributed by atoms with E-state index in [0.717, 1.165) is 15.8 Å². The molecule has 0 amide bonds. The van der Waals surface area contributed by atoms with Gasteiger partial charge >= 0.3 is 5.97 Å². The third kappa shape index (κ3) is 4.65. The number of fused-ring (bicyclic) bond motifs is 3. The normalized spacial score (nSPS) is 11.3. The maximum Gasteiger partial charge on any atom is 0.331 e. The van der Waals surface area contributed by atoms with Crippen LogP contribution >= 0.6 is 11.3 Å². The summed E-state index contributed by atoms with van der Waals surface area (Å²) in [6.07, 6.45) is 2.97. The van der Waals surface area contributed by atoms with E-state index in [0.29, 0.717) is 35.4 Å². The van der Waals surface area contributed by atoms with Crippen molar-refractivity contribution < 1.29 is 19.0 Å². The number of carbonyl (C=O) groups is 1. The molecule has 2 aromatic carbocycles. The molecule has 0 saturated heterocycles. The summed E-state index contributed by atoms with van der Waals surface area (Å²) in [6.45, 7) is 4.75. The molecule has 0 atom stereocenters. The molecule has 0 bridgehead atoms. The molecule has 2 heterocycles. The van der Waals surface area contributed by atoms with Gasteiger partial charge in [-0.1, -0.05) is 29.5 Å². The van der Waals surface area contributed by atoms with Gasteiger partial charge in [-0.05, 0) is 49.8 Å². The van der Waals surface area contributed by atoms with Crippen molar-refractivity contribution in [3.05, 3.63) is 76.2 Å². The smallest absolute Gasteiger partial charge is 0.331 e. The molecular weight excluding hydrogens is 428 g/mol. The van der Waals surface area contributed by atoms with E-state index in [2.05, 4.69) is 4.98 Å². The first-order valence-corrected chi connectivity index (χ1v) is 11.1. The average Bonchev–Trinajstić information content (AvgIpc) is 3.17. The molecule has 32 heavy (non-hydrogen) atoms. The highest BCUT2D eigenvalue weighted by Crippen LogP contribution is 2.29. The quantitative estimate of drug-likeness (QED) is 0.291. The lowest BCUT2D eigenvalue weighted by atomic mass is 10.2. The van der Waals surface area contributed by atoms with Crippen molar-refractivity contribution in [2.45, 2.75) is 20.5 Å². The second kappa shape index (κ2) is 9.65. The fourth-order valence-electron chi connectivity index (χ4n) is 3.23. The van der Waals surface area contributed by atoms with Crippen LogP contribution in [0.1, 0.15) is 25.1 Å². The Morgan fingerprint density at radius 1 is 1.06 bits per heavy atom. The van der Waals surface area contributed by atoms with Crippen molar-refractivity contribution >= 4 is 38.6 Å². The van der Waals surface area contributed by atoms with E-state index < -0.39 is 5.97 Å². The Morgan fingerprint density at radius 3 is 2.66 bits per heavy atom. The molecule has 0 saturated carbocycles. The van der Waals surface area contributed by atoms with Crippen molar-refractivity contribution in [2.24, 2.45) is 0 Å². The summed E-state index contributed by atoms with van der Waals surface area (Å²) in [6, 6.07) is 14.4. The van der Waals surface area contributed by atoms with Crippen LogP contribution in [0.4, 0.5) is 0 Å². The van der Waals surface area contributed by atoms with Gasteiger partial charge in [0.15, 0.2) is 16.5 Å². The number of ether oxygens (including phenoxy) is 3. The summed E-state index contributed by atoms with van der Waals surface area (Å²) in [4.78, 5) is 29.8. The van der Waals surface area contributed by atoms with Crippen LogP contribution in [0.25, 0.3) is 21.3 Å². The number of benzene rings is 2. The van der Waals surface area contributed by atoms with Gasteiger partial charge < -0.3 is 14.2 Å². The topological polar surface area (TPSA) is 79.1 Å². The van der Waals surface area contributed by atoms with E-state index in [-0.39, 0.29) is 12.2 Å². The molecule has 0 aliphatic carbocycles. The Bertz CT molecular complexity index is 1360. The van der Waals surface area contributed by atoms with Gasteiger partial charge in [0.25, 0.3) is 5.56 Å². The molecule has 4 rings (SSSR count). The van der Waals surface area contributed by atoms with Crippen molar-refractivity contribution in [1.29, 1.82) is 0 Å². The van der Waals surface area contributed by atoms with E-state index in [1.165, 1.54) is 23.5 Å². The lowest BCUT2D eigenvalue weighted by Gasteiger charge is -2.11. The van der Waals surface area contributed by atoms with Gasteiger partial charge in [-0.15, -0.1) is 0 Å². The number of carbonyl (C=O) groups excluding carboxylic acids is 1. The summed E-state index contributed by atoms with van der Waals surface area (Å²) in [5.74, 6) is 0.740. The summed E-state index contributed by atoms with van der Waals surface area (Å²) in [7, 11) is 0.